The van der Waals surface area contributed by atoms with Crippen LogP contribution in [0.25, 0.3) is 27.7 Å². The van der Waals surface area contributed by atoms with Gasteiger partial charge >= 0.3 is 0 Å². The number of ether oxygens (including phenoxy) is 2. The predicted octanol–water partition coefficient (Wildman–Crippen LogP) is 7.55. The van der Waals surface area contributed by atoms with E-state index < -0.39 is 0 Å². The molecule has 188 valence electrons. The highest BCUT2D eigenvalue weighted by molar-refractivity contribution is 6.30. The number of aromatic nitrogens is 2. The molecule has 0 atom stereocenters. The van der Waals surface area contributed by atoms with E-state index in [4.69, 9.17) is 21.1 Å². The number of nitrogens with zero attached hydrogens (tertiary/aromatic N) is 2. The summed E-state index contributed by atoms with van der Waals surface area (Å²) >= 11 is 6.48. The van der Waals surface area contributed by atoms with Gasteiger partial charge in [0, 0.05) is 16.2 Å². The summed E-state index contributed by atoms with van der Waals surface area (Å²) in [6.07, 6.45) is 11.1. The molecule has 0 unspecified atom stereocenters. The second kappa shape index (κ2) is 12.2. The van der Waals surface area contributed by atoms with Crippen molar-refractivity contribution >= 4 is 28.7 Å². The molecule has 0 radical (unpaired) electrons. The molecule has 4 rings (SSSR count). The molecule has 37 heavy (non-hydrogen) atoms. The molecule has 0 aliphatic carbocycles. The SMILES string of the molecule is C=C/C=C(C=O)\C=C/COc1cnn(-c2cc(Cl)cc(CCC)c2)c1-c1ccc2cc(OC)ccc2c1. The first-order valence-corrected chi connectivity index (χ1v) is 12.5. The van der Waals surface area contributed by atoms with Gasteiger partial charge in [-0.05, 0) is 65.2 Å². The molecule has 3 aromatic carbocycles. The van der Waals surface area contributed by atoms with Crippen LogP contribution in [-0.4, -0.2) is 29.8 Å². The maximum absolute atomic E-state index is 11.2. The lowest BCUT2D eigenvalue weighted by atomic mass is 10.0. The van der Waals surface area contributed by atoms with Gasteiger partial charge in [0.1, 0.15) is 24.3 Å². The summed E-state index contributed by atoms with van der Waals surface area (Å²) in [5, 5.41) is 7.48. The summed E-state index contributed by atoms with van der Waals surface area (Å²) in [4.78, 5) is 11.2. The molecule has 0 aliphatic rings. The van der Waals surface area contributed by atoms with Gasteiger partial charge in [0.15, 0.2) is 5.75 Å². The standard InChI is InChI=1S/C31H29ClN2O3/c1-4-7-22(21-35)9-6-14-37-30-20-33-34(28-16-23(8-5-2)15-27(32)19-28)31(30)26-11-10-25-18-29(36-3)13-12-24(25)17-26/h4,6-7,9-13,15-21H,1,5,8,14H2,2-3H3/b9-6-,22-7+. The molecule has 4 aromatic rings. The minimum atomic E-state index is 0.266. The van der Waals surface area contributed by atoms with E-state index in [0.29, 0.717) is 16.3 Å². The molecule has 0 N–H and O–H groups in total. The molecule has 0 bridgehead atoms. The number of allylic oxidation sites excluding steroid dienone is 4. The Morgan fingerprint density at radius 1 is 1.11 bits per heavy atom. The first-order valence-electron chi connectivity index (χ1n) is 12.1. The van der Waals surface area contributed by atoms with Crippen molar-refractivity contribution < 1.29 is 14.3 Å². The number of methoxy groups -OCH3 is 1. The van der Waals surface area contributed by atoms with E-state index in [0.717, 1.165) is 58.2 Å². The molecule has 0 spiro atoms. The third-order valence-electron chi connectivity index (χ3n) is 5.87. The van der Waals surface area contributed by atoms with Crippen LogP contribution in [0.2, 0.25) is 5.02 Å². The fourth-order valence-electron chi connectivity index (χ4n) is 4.18. The first-order chi connectivity index (χ1) is 18.1. The molecule has 6 heteroatoms. The molecule has 5 nitrogen and oxygen atoms in total. The number of aryl methyl sites for hydroxylation is 1. The Balaban J connectivity index is 1.77. The Labute approximate surface area is 222 Å². The normalized spacial score (nSPS) is 11.7. The second-order valence-electron chi connectivity index (χ2n) is 8.50. The van der Waals surface area contributed by atoms with Gasteiger partial charge in [-0.15, -0.1) is 0 Å². The van der Waals surface area contributed by atoms with Crippen molar-refractivity contribution in [2.24, 2.45) is 0 Å². The van der Waals surface area contributed by atoms with Gasteiger partial charge in [-0.3, -0.25) is 4.79 Å². The van der Waals surface area contributed by atoms with Crippen molar-refractivity contribution in [3.63, 3.8) is 0 Å². The first kappa shape index (κ1) is 26.0. The summed E-state index contributed by atoms with van der Waals surface area (Å²) in [6, 6.07) is 18.2. The zero-order valence-electron chi connectivity index (χ0n) is 21.0. The highest BCUT2D eigenvalue weighted by Gasteiger charge is 2.17. The van der Waals surface area contributed by atoms with Crippen molar-refractivity contribution in [3.8, 4) is 28.4 Å². The molecule has 1 aromatic heterocycles. The smallest absolute Gasteiger partial charge is 0.166 e. The Bertz CT molecular complexity index is 1480. The number of rotatable bonds is 11. The number of carbonyl (C=O) groups is 1. The molecular formula is C31H29ClN2O3. The maximum Gasteiger partial charge on any atom is 0.166 e. The van der Waals surface area contributed by atoms with E-state index in [1.807, 2.05) is 41.1 Å². The van der Waals surface area contributed by atoms with Gasteiger partial charge in [-0.25, -0.2) is 4.68 Å². The number of aldehydes is 1. The average Bonchev–Trinajstić information content (AvgIpc) is 3.33. The molecule has 0 aliphatic heterocycles. The minimum absolute atomic E-state index is 0.266. The number of halogens is 1. The monoisotopic (exact) mass is 512 g/mol. The number of benzene rings is 3. The van der Waals surface area contributed by atoms with Crippen molar-refractivity contribution in [1.82, 2.24) is 9.78 Å². The summed E-state index contributed by atoms with van der Waals surface area (Å²) in [7, 11) is 1.66. The van der Waals surface area contributed by atoms with Gasteiger partial charge in [-0.2, -0.15) is 5.10 Å². The lowest BCUT2D eigenvalue weighted by Gasteiger charge is -2.13. The van der Waals surface area contributed by atoms with Crippen LogP contribution in [0.4, 0.5) is 0 Å². The van der Waals surface area contributed by atoms with Gasteiger partial charge in [0.2, 0.25) is 0 Å². The van der Waals surface area contributed by atoms with Crippen molar-refractivity contribution in [2.75, 3.05) is 13.7 Å². The highest BCUT2D eigenvalue weighted by Crippen LogP contribution is 2.35. The molecule has 0 amide bonds. The molecular weight excluding hydrogens is 484 g/mol. The van der Waals surface area contributed by atoms with Crippen LogP contribution in [0.3, 0.4) is 0 Å². The Kier molecular flexibility index (Phi) is 8.60. The fourth-order valence-corrected chi connectivity index (χ4v) is 4.43. The van der Waals surface area contributed by atoms with Crippen LogP contribution in [0.5, 0.6) is 11.5 Å². The zero-order valence-corrected chi connectivity index (χ0v) is 21.7. The van der Waals surface area contributed by atoms with Crippen molar-refractivity contribution in [3.05, 3.63) is 108 Å². The summed E-state index contributed by atoms with van der Waals surface area (Å²) < 4.78 is 13.4. The highest BCUT2D eigenvalue weighted by atomic mass is 35.5. The van der Waals surface area contributed by atoms with Gasteiger partial charge in [0.25, 0.3) is 0 Å². The number of hydrogen-bond donors (Lipinski definition) is 0. The molecule has 0 saturated carbocycles. The summed E-state index contributed by atoms with van der Waals surface area (Å²) in [5.74, 6) is 1.43. The minimum Gasteiger partial charge on any atom is -0.497 e. The van der Waals surface area contributed by atoms with Crippen LogP contribution in [0.1, 0.15) is 18.9 Å². The predicted molar refractivity (Wildman–Crippen MR) is 151 cm³/mol. The molecule has 0 fully saturated rings. The Hall–Kier alpha value is -4.09. The van der Waals surface area contributed by atoms with Crippen LogP contribution < -0.4 is 9.47 Å². The lowest BCUT2D eigenvalue weighted by Crippen LogP contribution is -2.02. The number of hydrogen-bond acceptors (Lipinski definition) is 4. The average molecular weight is 513 g/mol. The third-order valence-corrected chi connectivity index (χ3v) is 6.09. The van der Waals surface area contributed by atoms with Crippen molar-refractivity contribution in [1.29, 1.82) is 0 Å². The topological polar surface area (TPSA) is 53.3 Å². The van der Waals surface area contributed by atoms with E-state index in [9.17, 15) is 4.79 Å². The van der Waals surface area contributed by atoms with E-state index in [-0.39, 0.29) is 6.61 Å². The number of carbonyl (C=O) groups excluding carboxylic acids is 1. The van der Waals surface area contributed by atoms with Crippen LogP contribution >= 0.6 is 11.6 Å². The summed E-state index contributed by atoms with van der Waals surface area (Å²) in [6.45, 7) is 6.04. The van der Waals surface area contributed by atoms with Crippen molar-refractivity contribution in [2.45, 2.75) is 19.8 Å². The second-order valence-corrected chi connectivity index (χ2v) is 8.93. The van der Waals surface area contributed by atoms with Crippen LogP contribution in [0.15, 0.2) is 97.3 Å². The van der Waals surface area contributed by atoms with Gasteiger partial charge in [0.05, 0.1) is 19.0 Å². The van der Waals surface area contributed by atoms with E-state index >= 15 is 0 Å². The van der Waals surface area contributed by atoms with E-state index in [1.165, 1.54) is 0 Å². The fraction of sp³-hybridized carbons (Fsp3) is 0.161. The van der Waals surface area contributed by atoms with Crippen LogP contribution in [-0.2, 0) is 11.2 Å². The molecule has 1 heterocycles. The van der Waals surface area contributed by atoms with E-state index in [1.54, 1.807) is 37.6 Å². The Morgan fingerprint density at radius 2 is 1.92 bits per heavy atom. The third kappa shape index (κ3) is 6.19. The largest absolute Gasteiger partial charge is 0.497 e. The quantitative estimate of drug-likeness (QED) is 0.118. The lowest BCUT2D eigenvalue weighted by molar-refractivity contribution is -0.104. The Morgan fingerprint density at radius 3 is 2.68 bits per heavy atom. The van der Waals surface area contributed by atoms with E-state index in [2.05, 4.69) is 36.8 Å². The van der Waals surface area contributed by atoms with Gasteiger partial charge in [-0.1, -0.05) is 68.0 Å². The maximum atomic E-state index is 11.2. The number of fused-ring (bicyclic) bond motifs is 1. The molecule has 0 saturated heterocycles. The zero-order chi connectivity index (χ0) is 26.2. The van der Waals surface area contributed by atoms with Crippen LogP contribution in [0, 0.1) is 0 Å². The van der Waals surface area contributed by atoms with Gasteiger partial charge < -0.3 is 9.47 Å². The summed E-state index contributed by atoms with van der Waals surface area (Å²) in [5.41, 5.74) is 4.29.